The minimum atomic E-state index is -0.201. The molecular weight excluding hydrogens is 366 g/mol. The molecule has 6 nitrogen and oxygen atoms in total. The van der Waals surface area contributed by atoms with Crippen LogP contribution in [0.15, 0.2) is 30.3 Å². The monoisotopic (exact) mass is 397 g/mol. The Morgan fingerprint density at radius 1 is 0.897 bits per heavy atom. The number of rotatable bonds is 4. The molecule has 3 fully saturated rings. The van der Waals surface area contributed by atoms with Gasteiger partial charge in [0.05, 0.1) is 0 Å². The number of nitrogens with zero attached hydrogens (tertiary/aromatic N) is 3. The summed E-state index contributed by atoms with van der Waals surface area (Å²) >= 11 is 0. The van der Waals surface area contributed by atoms with Gasteiger partial charge in [0.25, 0.3) is 0 Å². The van der Waals surface area contributed by atoms with E-state index >= 15 is 0 Å². The number of imide groups is 1. The van der Waals surface area contributed by atoms with Gasteiger partial charge < -0.3 is 4.90 Å². The minimum Gasteiger partial charge on any atom is -0.341 e. The van der Waals surface area contributed by atoms with E-state index < -0.39 is 0 Å². The van der Waals surface area contributed by atoms with Crippen molar-refractivity contribution < 1.29 is 14.4 Å². The average molecular weight is 398 g/mol. The smallest absolute Gasteiger partial charge is 0.242 e. The van der Waals surface area contributed by atoms with Crippen molar-refractivity contribution in [2.24, 2.45) is 5.41 Å². The summed E-state index contributed by atoms with van der Waals surface area (Å²) in [4.78, 5) is 42.6. The summed E-state index contributed by atoms with van der Waals surface area (Å²) in [6.07, 6.45) is 5.78. The van der Waals surface area contributed by atoms with Crippen LogP contribution in [0.4, 0.5) is 0 Å². The van der Waals surface area contributed by atoms with Crippen molar-refractivity contribution in [3.63, 3.8) is 0 Å². The molecule has 0 radical (unpaired) electrons. The van der Waals surface area contributed by atoms with Crippen LogP contribution in [0.3, 0.4) is 0 Å². The molecule has 0 aliphatic carbocycles. The van der Waals surface area contributed by atoms with E-state index in [-0.39, 0.29) is 29.7 Å². The van der Waals surface area contributed by atoms with Crippen molar-refractivity contribution in [3.05, 3.63) is 35.9 Å². The van der Waals surface area contributed by atoms with Gasteiger partial charge in [0, 0.05) is 44.4 Å². The SMILES string of the molecule is O=C(CN1C(=O)CCCC1=O)N1CCC[C@]2(CCCN(Cc3ccccc3)C2)C1. The normalized spacial score (nSPS) is 26.2. The number of likely N-dealkylation sites (tertiary alicyclic amines) is 3. The summed E-state index contributed by atoms with van der Waals surface area (Å²) < 4.78 is 0. The second-order valence-corrected chi connectivity index (χ2v) is 8.95. The molecular formula is C23H31N3O3. The highest BCUT2D eigenvalue weighted by atomic mass is 16.2. The summed E-state index contributed by atoms with van der Waals surface area (Å²) in [6, 6.07) is 10.6. The molecule has 0 aromatic heterocycles. The number of amides is 3. The molecule has 156 valence electrons. The fourth-order valence-electron chi connectivity index (χ4n) is 5.25. The Kier molecular flexibility index (Phi) is 5.99. The lowest BCUT2D eigenvalue weighted by atomic mass is 9.73. The lowest BCUT2D eigenvalue weighted by Crippen LogP contribution is -2.55. The van der Waals surface area contributed by atoms with E-state index in [1.165, 1.54) is 10.5 Å². The third-order valence-corrected chi connectivity index (χ3v) is 6.68. The zero-order valence-corrected chi connectivity index (χ0v) is 17.1. The van der Waals surface area contributed by atoms with Gasteiger partial charge in [-0.05, 0) is 44.2 Å². The molecule has 1 atom stereocenters. The van der Waals surface area contributed by atoms with Gasteiger partial charge in [-0.3, -0.25) is 24.2 Å². The van der Waals surface area contributed by atoms with Crippen LogP contribution in [0.1, 0.15) is 50.5 Å². The molecule has 0 saturated carbocycles. The Balaban J connectivity index is 1.38. The third kappa shape index (κ3) is 4.69. The highest BCUT2D eigenvalue weighted by Crippen LogP contribution is 2.39. The maximum absolute atomic E-state index is 12.9. The fraction of sp³-hybridized carbons (Fsp3) is 0.609. The van der Waals surface area contributed by atoms with Gasteiger partial charge in [-0.1, -0.05) is 30.3 Å². The minimum absolute atomic E-state index is 0.0761. The molecule has 6 heteroatoms. The first-order valence-electron chi connectivity index (χ1n) is 10.9. The van der Waals surface area contributed by atoms with E-state index in [1.54, 1.807) is 0 Å². The zero-order chi connectivity index (χ0) is 20.3. The van der Waals surface area contributed by atoms with Crippen LogP contribution in [0, 0.1) is 5.41 Å². The predicted molar refractivity (Wildman–Crippen MR) is 110 cm³/mol. The number of piperidine rings is 3. The van der Waals surface area contributed by atoms with E-state index in [0.29, 0.717) is 19.3 Å². The van der Waals surface area contributed by atoms with E-state index in [2.05, 4.69) is 29.2 Å². The van der Waals surface area contributed by atoms with Crippen molar-refractivity contribution >= 4 is 17.7 Å². The quantitative estimate of drug-likeness (QED) is 0.732. The van der Waals surface area contributed by atoms with Gasteiger partial charge in [-0.25, -0.2) is 0 Å². The van der Waals surface area contributed by atoms with E-state index in [1.807, 2.05) is 11.0 Å². The summed E-state index contributed by atoms with van der Waals surface area (Å²) in [5.74, 6) is -0.478. The van der Waals surface area contributed by atoms with Crippen molar-refractivity contribution in [3.8, 4) is 0 Å². The Labute approximate surface area is 172 Å². The Morgan fingerprint density at radius 3 is 2.31 bits per heavy atom. The van der Waals surface area contributed by atoms with Crippen LogP contribution in [-0.4, -0.2) is 65.1 Å². The van der Waals surface area contributed by atoms with Crippen molar-refractivity contribution in [2.45, 2.75) is 51.5 Å². The summed E-state index contributed by atoms with van der Waals surface area (Å²) in [5, 5.41) is 0. The molecule has 3 aliphatic heterocycles. The van der Waals surface area contributed by atoms with Crippen LogP contribution in [0.5, 0.6) is 0 Å². The predicted octanol–water partition coefficient (Wildman–Crippen LogP) is 2.43. The van der Waals surface area contributed by atoms with Crippen LogP contribution in [0.25, 0.3) is 0 Å². The Bertz CT molecular complexity index is 746. The number of hydrogen-bond donors (Lipinski definition) is 0. The second kappa shape index (κ2) is 8.66. The van der Waals surface area contributed by atoms with E-state index in [0.717, 1.165) is 58.4 Å². The summed E-state index contributed by atoms with van der Waals surface area (Å²) in [7, 11) is 0. The molecule has 3 heterocycles. The van der Waals surface area contributed by atoms with Gasteiger partial charge in [0.1, 0.15) is 6.54 Å². The van der Waals surface area contributed by atoms with Crippen molar-refractivity contribution in [1.29, 1.82) is 0 Å². The average Bonchev–Trinajstić information content (AvgIpc) is 2.71. The number of benzene rings is 1. The summed E-state index contributed by atoms with van der Waals surface area (Å²) in [5.41, 5.74) is 1.46. The van der Waals surface area contributed by atoms with Gasteiger partial charge in [-0.15, -0.1) is 0 Å². The second-order valence-electron chi connectivity index (χ2n) is 8.95. The molecule has 3 amide bonds. The number of hydrogen-bond acceptors (Lipinski definition) is 4. The van der Waals surface area contributed by atoms with Gasteiger partial charge >= 0.3 is 0 Å². The maximum atomic E-state index is 12.9. The highest BCUT2D eigenvalue weighted by Gasteiger charge is 2.41. The lowest BCUT2D eigenvalue weighted by molar-refractivity contribution is -0.154. The lowest BCUT2D eigenvalue weighted by Gasteiger charge is -2.48. The molecule has 1 spiro atoms. The largest absolute Gasteiger partial charge is 0.341 e. The molecule has 0 bridgehead atoms. The first-order chi connectivity index (χ1) is 14.0. The molecule has 0 N–H and O–H groups in total. The van der Waals surface area contributed by atoms with Crippen LogP contribution >= 0.6 is 0 Å². The van der Waals surface area contributed by atoms with Gasteiger partial charge in [0.15, 0.2) is 0 Å². The van der Waals surface area contributed by atoms with E-state index in [9.17, 15) is 14.4 Å². The Hall–Kier alpha value is -2.21. The topological polar surface area (TPSA) is 60.9 Å². The van der Waals surface area contributed by atoms with Crippen LogP contribution in [0.2, 0.25) is 0 Å². The molecule has 29 heavy (non-hydrogen) atoms. The number of carbonyl (C=O) groups is 3. The molecule has 3 aliphatic rings. The van der Waals surface area contributed by atoms with Crippen LogP contribution < -0.4 is 0 Å². The standard InChI is InChI=1S/C23H31N3O3/c27-20-9-4-10-21(28)26(20)16-22(29)25-14-6-12-23(18-25)11-5-13-24(17-23)15-19-7-2-1-3-8-19/h1-3,7-8H,4-6,9-18H2/t23-/m0/s1. The Morgan fingerprint density at radius 2 is 1.59 bits per heavy atom. The number of carbonyl (C=O) groups excluding carboxylic acids is 3. The van der Waals surface area contributed by atoms with Crippen molar-refractivity contribution in [2.75, 3.05) is 32.7 Å². The van der Waals surface area contributed by atoms with E-state index in [4.69, 9.17) is 0 Å². The maximum Gasteiger partial charge on any atom is 0.242 e. The molecule has 4 rings (SSSR count). The first kappa shape index (κ1) is 20.1. The molecule has 1 aromatic carbocycles. The highest BCUT2D eigenvalue weighted by molar-refractivity contribution is 6.00. The van der Waals surface area contributed by atoms with Gasteiger partial charge in [0.2, 0.25) is 17.7 Å². The third-order valence-electron chi connectivity index (χ3n) is 6.68. The van der Waals surface area contributed by atoms with Crippen molar-refractivity contribution in [1.82, 2.24) is 14.7 Å². The van der Waals surface area contributed by atoms with Crippen LogP contribution in [-0.2, 0) is 20.9 Å². The first-order valence-corrected chi connectivity index (χ1v) is 10.9. The summed E-state index contributed by atoms with van der Waals surface area (Å²) in [6.45, 7) is 4.45. The fourth-order valence-corrected chi connectivity index (χ4v) is 5.25. The molecule has 0 unspecified atom stereocenters. The zero-order valence-electron chi connectivity index (χ0n) is 17.1. The molecule has 1 aromatic rings. The molecule has 3 saturated heterocycles. The van der Waals surface area contributed by atoms with Gasteiger partial charge in [-0.2, -0.15) is 0 Å².